The lowest BCUT2D eigenvalue weighted by atomic mass is 10.1. The van der Waals surface area contributed by atoms with E-state index in [1.54, 1.807) is 13.8 Å². The molecule has 1 rings (SSSR count). The highest BCUT2D eigenvalue weighted by Crippen LogP contribution is 2.02. The van der Waals surface area contributed by atoms with Gasteiger partial charge in [0.25, 0.3) is 5.56 Å². The number of ether oxygens (including phenoxy) is 1. The van der Waals surface area contributed by atoms with Crippen molar-refractivity contribution in [1.82, 2.24) is 9.97 Å². The van der Waals surface area contributed by atoms with Crippen LogP contribution in [0.4, 0.5) is 0 Å². The maximum Gasteiger partial charge on any atom is 0.306 e. The summed E-state index contributed by atoms with van der Waals surface area (Å²) in [6, 6.07) is 0. The molecule has 0 aliphatic heterocycles. The van der Waals surface area contributed by atoms with Gasteiger partial charge in [0.15, 0.2) is 4.77 Å². The molecule has 5 nitrogen and oxygen atoms in total. The van der Waals surface area contributed by atoms with E-state index in [0.717, 1.165) is 0 Å². The van der Waals surface area contributed by atoms with Crippen LogP contribution in [0.1, 0.15) is 24.6 Å². The van der Waals surface area contributed by atoms with Crippen LogP contribution in [0.15, 0.2) is 4.79 Å². The highest BCUT2D eigenvalue weighted by atomic mass is 32.1. The van der Waals surface area contributed by atoms with Crippen molar-refractivity contribution in [3.05, 3.63) is 26.4 Å². The fraction of sp³-hybridized carbons (Fsp3) is 0.500. The Morgan fingerprint density at radius 1 is 1.44 bits per heavy atom. The molecule has 0 aliphatic carbocycles. The van der Waals surface area contributed by atoms with E-state index in [2.05, 4.69) is 9.97 Å². The van der Waals surface area contributed by atoms with Crippen molar-refractivity contribution >= 4 is 18.2 Å². The van der Waals surface area contributed by atoms with Gasteiger partial charge < -0.3 is 9.72 Å². The number of H-pyrrole nitrogens is 2. The van der Waals surface area contributed by atoms with Gasteiger partial charge in [-0.25, -0.2) is 0 Å². The lowest BCUT2D eigenvalue weighted by molar-refractivity contribution is -0.143. The fourth-order valence-electron chi connectivity index (χ4n) is 1.39. The van der Waals surface area contributed by atoms with Crippen LogP contribution in [0.3, 0.4) is 0 Å². The smallest absolute Gasteiger partial charge is 0.306 e. The van der Waals surface area contributed by atoms with Gasteiger partial charge in [-0.3, -0.25) is 14.6 Å². The summed E-state index contributed by atoms with van der Waals surface area (Å²) in [6.45, 7) is 3.85. The number of esters is 1. The summed E-state index contributed by atoms with van der Waals surface area (Å²) in [5.41, 5.74) is 0.991. The molecule has 1 aromatic heterocycles. The maximum absolute atomic E-state index is 11.5. The van der Waals surface area contributed by atoms with E-state index in [9.17, 15) is 9.59 Å². The maximum atomic E-state index is 11.5. The summed E-state index contributed by atoms with van der Waals surface area (Å²) in [5.74, 6) is -0.302. The Kier molecular flexibility index (Phi) is 4.42. The zero-order valence-corrected chi connectivity index (χ0v) is 10.1. The summed E-state index contributed by atoms with van der Waals surface area (Å²) in [7, 11) is 0. The first kappa shape index (κ1) is 12.6. The Hall–Kier alpha value is -1.43. The molecule has 0 bridgehead atoms. The minimum Gasteiger partial charge on any atom is -0.466 e. The molecule has 0 aromatic carbocycles. The molecule has 16 heavy (non-hydrogen) atoms. The standard InChI is InChI=1S/C10H14N2O3S/c1-3-15-8(13)5-4-7-6(2)11-10(16)12-9(7)14/h3-5H2,1-2H3,(H2,11,12,14,16). The van der Waals surface area contributed by atoms with Crippen LogP contribution in [-0.4, -0.2) is 22.5 Å². The molecule has 0 saturated heterocycles. The first-order valence-electron chi connectivity index (χ1n) is 5.02. The molecule has 0 fully saturated rings. The van der Waals surface area contributed by atoms with E-state index in [0.29, 0.717) is 29.1 Å². The monoisotopic (exact) mass is 242 g/mol. The molecule has 0 unspecified atom stereocenters. The lowest BCUT2D eigenvalue weighted by Gasteiger charge is -2.04. The van der Waals surface area contributed by atoms with Gasteiger partial charge in [-0.15, -0.1) is 0 Å². The van der Waals surface area contributed by atoms with Crippen molar-refractivity contribution in [1.29, 1.82) is 0 Å². The number of aryl methyl sites for hydroxylation is 1. The van der Waals surface area contributed by atoms with E-state index in [1.807, 2.05) is 0 Å². The first-order chi connectivity index (χ1) is 7.54. The van der Waals surface area contributed by atoms with Crippen molar-refractivity contribution in [3.63, 3.8) is 0 Å². The SMILES string of the molecule is CCOC(=O)CCc1c(C)[nH]c(=S)[nH]c1=O. The predicted octanol–water partition coefficient (Wildman–Crippen LogP) is 1.24. The average Bonchev–Trinajstić information content (AvgIpc) is 2.16. The molecule has 6 heteroatoms. The van der Waals surface area contributed by atoms with Gasteiger partial charge in [0.2, 0.25) is 0 Å². The van der Waals surface area contributed by atoms with E-state index >= 15 is 0 Å². The molecule has 0 amide bonds. The molecule has 0 spiro atoms. The van der Waals surface area contributed by atoms with Gasteiger partial charge in [-0.05, 0) is 32.5 Å². The largest absolute Gasteiger partial charge is 0.466 e. The zero-order chi connectivity index (χ0) is 12.1. The Bertz CT molecular complexity index is 490. The van der Waals surface area contributed by atoms with Gasteiger partial charge in [0.05, 0.1) is 6.61 Å². The van der Waals surface area contributed by atoms with Crippen LogP contribution < -0.4 is 5.56 Å². The Balaban J connectivity index is 2.79. The molecule has 0 atom stereocenters. The Morgan fingerprint density at radius 2 is 2.12 bits per heavy atom. The number of carbonyl (C=O) groups is 1. The zero-order valence-electron chi connectivity index (χ0n) is 9.25. The van der Waals surface area contributed by atoms with Crippen LogP contribution >= 0.6 is 12.2 Å². The number of hydrogen-bond acceptors (Lipinski definition) is 4. The first-order valence-corrected chi connectivity index (χ1v) is 5.43. The number of hydrogen-bond donors (Lipinski definition) is 2. The van der Waals surface area contributed by atoms with Gasteiger partial charge >= 0.3 is 5.97 Å². The Morgan fingerprint density at radius 3 is 2.69 bits per heavy atom. The third-order valence-electron chi connectivity index (χ3n) is 2.14. The number of aromatic amines is 2. The van der Waals surface area contributed by atoms with Crippen molar-refractivity contribution < 1.29 is 9.53 Å². The Labute approximate surface area is 97.9 Å². The predicted molar refractivity (Wildman–Crippen MR) is 61.9 cm³/mol. The number of aromatic nitrogens is 2. The number of nitrogens with one attached hydrogen (secondary N) is 2. The van der Waals surface area contributed by atoms with Crippen LogP contribution in [-0.2, 0) is 16.0 Å². The summed E-state index contributed by atoms with van der Waals surface area (Å²) < 4.78 is 5.08. The third-order valence-corrected chi connectivity index (χ3v) is 2.34. The van der Waals surface area contributed by atoms with Crippen LogP contribution in [0.5, 0.6) is 0 Å². The van der Waals surface area contributed by atoms with E-state index in [1.165, 1.54) is 0 Å². The quantitative estimate of drug-likeness (QED) is 0.615. The van der Waals surface area contributed by atoms with E-state index in [4.69, 9.17) is 17.0 Å². The van der Waals surface area contributed by atoms with E-state index < -0.39 is 0 Å². The summed E-state index contributed by atoms with van der Waals surface area (Å²) >= 11 is 4.82. The summed E-state index contributed by atoms with van der Waals surface area (Å²) in [5, 5.41) is 0. The van der Waals surface area contributed by atoms with Crippen LogP contribution in [0.2, 0.25) is 0 Å². The van der Waals surface area contributed by atoms with Crippen LogP contribution in [0, 0.1) is 11.7 Å². The van der Waals surface area contributed by atoms with Gasteiger partial charge in [0, 0.05) is 17.7 Å². The lowest BCUT2D eigenvalue weighted by Crippen LogP contribution is -2.18. The van der Waals surface area contributed by atoms with Crippen molar-refractivity contribution in [2.45, 2.75) is 26.7 Å². The molecule has 0 aliphatic rings. The minimum absolute atomic E-state index is 0.197. The summed E-state index contributed by atoms with van der Waals surface area (Å²) in [6.07, 6.45) is 0.550. The molecular formula is C10H14N2O3S. The van der Waals surface area contributed by atoms with Crippen molar-refractivity contribution in [2.24, 2.45) is 0 Å². The molecular weight excluding hydrogens is 228 g/mol. The summed E-state index contributed by atoms with van der Waals surface area (Å²) in [4.78, 5) is 28.0. The van der Waals surface area contributed by atoms with E-state index in [-0.39, 0.29) is 17.9 Å². The molecule has 1 heterocycles. The second kappa shape index (κ2) is 5.60. The number of carbonyl (C=O) groups excluding carboxylic acids is 1. The van der Waals surface area contributed by atoms with Gasteiger partial charge in [0.1, 0.15) is 0 Å². The molecule has 88 valence electrons. The molecule has 2 N–H and O–H groups in total. The average molecular weight is 242 g/mol. The third kappa shape index (κ3) is 3.30. The van der Waals surface area contributed by atoms with Gasteiger partial charge in [-0.1, -0.05) is 0 Å². The van der Waals surface area contributed by atoms with Crippen molar-refractivity contribution in [2.75, 3.05) is 6.61 Å². The highest BCUT2D eigenvalue weighted by Gasteiger charge is 2.08. The molecule has 0 saturated carbocycles. The number of rotatable bonds is 4. The molecule has 1 aromatic rings. The fourth-order valence-corrected chi connectivity index (χ4v) is 1.63. The van der Waals surface area contributed by atoms with Gasteiger partial charge in [-0.2, -0.15) is 0 Å². The van der Waals surface area contributed by atoms with Crippen molar-refractivity contribution in [3.8, 4) is 0 Å². The second-order valence-corrected chi connectivity index (χ2v) is 3.73. The molecule has 0 radical (unpaired) electrons. The minimum atomic E-state index is -0.302. The highest BCUT2D eigenvalue weighted by molar-refractivity contribution is 7.71. The normalized spacial score (nSPS) is 10.1. The second-order valence-electron chi connectivity index (χ2n) is 3.32. The van der Waals surface area contributed by atoms with Crippen LogP contribution in [0.25, 0.3) is 0 Å². The topological polar surface area (TPSA) is 75.0 Å².